The minimum Gasteiger partial charge on any atom is -0.494 e. The fourth-order valence-corrected chi connectivity index (χ4v) is 2.31. The van der Waals surface area contributed by atoms with E-state index in [2.05, 4.69) is 4.98 Å². The second-order valence-corrected chi connectivity index (χ2v) is 4.74. The van der Waals surface area contributed by atoms with Gasteiger partial charge in [0.05, 0.1) is 23.9 Å². The molecule has 2 rings (SSSR count). The van der Waals surface area contributed by atoms with Gasteiger partial charge in [-0.1, -0.05) is 0 Å². The Balaban J connectivity index is 1.71. The zero-order valence-corrected chi connectivity index (χ0v) is 10.6. The highest BCUT2D eigenvalue weighted by Gasteiger charge is 2.01. The van der Waals surface area contributed by atoms with Crippen molar-refractivity contribution in [3.05, 3.63) is 46.2 Å². The molecule has 1 heterocycles. The Morgan fingerprint density at radius 2 is 2.06 bits per heavy atom. The molecule has 0 aliphatic carbocycles. The Morgan fingerprint density at radius 1 is 1.28 bits per heavy atom. The van der Waals surface area contributed by atoms with Gasteiger partial charge in [0.15, 0.2) is 0 Å². The Hall–Kier alpha value is -1.46. The van der Waals surface area contributed by atoms with Crippen molar-refractivity contribution in [2.75, 3.05) is 6.61 Å². The maximum atomic E-state index is 12.6. The van der Waals surface area contributed by atoms with Crippen molar-refractivity contribution in [1.82, 2.24) is 4.98 Å². The van der Waals surface area contributed by atoms with Gasteiger partial charge in [0.25, 0.3) is 0 Å². The van der Waals surface area contributed by atoms with Crippen molar-refractivity contribution in [3.63, 3.8) is 0 Å². The molecule has 0 saturated carbocycles. The molecular weight excluding hydrogens is 253 g/mol. The lowest BCUT2D eigenvalue weighted by molar-refractivity contribution is 0.277. The molecule has 0 amide bonds. The molecule has 1 aromatic carbocycles. The lowest BCUT2D eigenvalue weighted by Crippen LogP contribution is -1.99. The van der Waals surface area contributed by atoms with Crippen LogP contribution in [0.3, 0.4) is 0 Å². The second kappa shape index (κ2) is 6.47. The van der Waals surface area contributed by atoms with Crippen molar-refractivity contribution < 1.29 is 14.2 Å². The summed E-state index contributed by atoms with van der Waals surface area (Å²) in [7, 11) is 0. The molecular formula is C13H14FNO2S. The van der Waals surface area contributed by atoms with E-state index in [4.69, 9.17) is 9.84 Å². The number of aliphatic hydroxyl groups is 1. The molecule has 0 unspecified atom stereocenters. The highest BCUT2D eigenvalue weighted by Crippen LogP contribution is 2.14. The number of halogens is 1. The molecule has 0 atom stereocenters. The summed E-state index contributed by atoms with van der Waals surface area (Å²) in [5.74, 6) is 0.410. The molecule has 1 aromatic heterocycles. The van der Waals surface area contributed by atoms with Gasteiger partial charge >= 0.3 is 0 Å². The SMILES string of the molecule is OCc1csc(CCCOc2ccc(F)cc2)n1. The smallest absolute Gasteiger partial charge is 0.123 e. The molecule has 0 saturated heterocycles. The van der Waals surface area contributed by atoms with Crippen molar-refractivity contribution in [2.45, 2.75) is 19.4 Å². The Bertz CT molecular complexity index is 484. The first kappa shape index (κ1) is 13.0. The van der Waals surface area contributed by atoms with E-state index in [9.17, 15) is 4.39 Å². The van der Waals surface area contributed by atoms with E-state index in [0.29, 0.717) is 12.4 Å². The average Bonchev–Trinajstić information content (AvgIpc) is 2.85. The van der Waals surface area contributed by atoms with Gasteiger partial charge in [-0.15, -0.1) is 11.3 Å². The first-order valence-electron chi connectivity index (χ1n) is 5.70. The normalized spacial score (nSPS) is 10.6. The molecule has 96 valence electrons. The predicted octanol–water partition coefficient (Wildman–Crippen LogP) is 2.79. The Kier molecular flexibility index (Phi) is 4.66. The predicted molar refractivity (Wildman–Crippen MR) is 68.3 cm³/mol. The van der Waals surface area contributed by atoms with Crippen molar-refractivity contribution in [3.8, 4) is 5.75 Å². The van der Waals surface area contributed by atoms with Gasteiger partial charge in [-0.05, 0) is 30.7 Å². The molecule has 0 aliphatic rings. The van der Waals surface area contributed by atoms with E-state index >= 15 is 0 Å². The number of rotatable bonds is 6. The fraction of sp³-hybridized carbons (Fsp3) is 0.308. The number of nitrogens with zero attached hydrogens (tertiary/aromatic N) is 1. The van der Waals surface area contributed by atoms with E-state index < -0.39 is 0 Å². The highest BCUT2D eigenvalue weighted by molar-refractivity contribution is 7.09. The summed E-state index contributed by atoms with van der Waals surface area (Å²) in [6, 6.07) is 5.98. The third kappa shape index (κ3) is 3.78. The number of ether oxygens (including phenoxy) is 1. The number of hydrogen-bond acceptors (Lipinski definition) is 4. The summed E-state index contributed by atoms with van der Waals surface area (Å²) in [6.07, 6.45) is 1.67. The van der Waals surface area contributed by atoms with Crippen LogP contribution >= 0.6 is 11.3 Å². The molecule has 0 bridgehead atoms. The van der Waals surface area contributed by atoms with Crippen LogP contribution < -0.4 is 4.74 Å². The second-order valence-electron chi connectivity index (χ2n) is 3.80. The Morgan fingerprint density at radius 3 is 2.72 bits per heavy atom. The third-order valence-electron chi connectivity index (χ3n) is 2.38. The van der Waals surface area contributed by atoms with Crippen molar-refractivity contribution >= 4 is 11.3 Å². The zero-order chi connectivity index (χ0) is 12.8. The standard InChI is InChI=1S/C13H14FNO2S/c14-10-3-5-12(6-4-10)17-7-1-2-13-15-11(8-16)9-18-13/h3-6,9,16H,1-2,7-8H2. The molecule has 0 spiro atoms. The number of benzene rings is 1. The van der Waals surface area contributed by atoms with Crippen LogP contribution in [-0.4, -0.2) is 16.7 Å². The van der Waals surface area contributed by atoms with Crippen LogP contribution in [0.5, 0.6) is 5.75 Å². The largest absolute Gasteiger partial charge is 0.494 e. The monoisotopic (exact) mass is 267 g/mol. The van der Waals surface area contributed by atoms with Crippen molar-refractivity contribution in [2.24, 2.45) is 0 Å². The van der Waals surface area contributed by atoms with Gasteiger partial charge in [0.2, 0.25) is 0 Å². The van der Waals surface area contributed by atoms with Crippen LogP contribution in [-0.2, 0) is 13.0 Å². The zero-order valence-electron chi connectivity index (χ0n) is 9.80. The average molecular weight is 267 g/mol. The first-order valence-corrected chi connectivity index (χ1v) is 6.58. The summed E-state index contributed by atoms with van der Waals surface area (Å²) >= 11 is 1.55. The molecule has 5 heteroatoms. The van der Waals surface area contributed by atoms with Crippen molar-refractivity contribution in [1.29, 1.82) is 0 Å². The molecule has 1 N–H and O–H groups in total. The van der Waals surface area contributed by atoms with E-state index in [0.717, 1.165) is 23.5 Å². The number of aliphatic hydroxyl groups excluding tert-OH is 1. The summed E-state index contributed by atoms with van der Waals surface area (Å²) < 4.78 is 18.1. The number of aryl methyl sites for hydroxylation is 1. The molecule has 3 nitrogen and oxygen atoms in total. The fourth-order valence-electron chi connectivity index (χ4n) is 1.48. The maximum absolute atomic E-state index is 12.6. The van der Waals surface area contributed by atoms with Crippen LogP contribution in [0.2, 0.25) is 0 Å². The van der Waals surface area contributed by atoms with Gasteiger partial charge in [-0.25, -0.2) is 9.37 Å². The molecule has 0 fully saturated rings. The minimum atomic E-state index is -0.262. The van der Waals surface area contributed by atoms with Crippen LogP contribution in [0.25, 0.3) is 0 Å². The topological polar surface area (TPSA) is 42.4 Å². The lowest BCUT2D eigenvalue weighted by Gasteiger charge is -2.04. The summed E-state index contributed by atoms with van der Waals surface area (Å²) in [6.45, 7) is 0.558. The van der Waals surface area contributed by atoms with Crippen LogP contribution in [0.1, 0.15) is 17.1 Å². The summed E-state index contributed by atoms with van der Waals surface area (Å²) in [5, 5.41) is 11.7. The van der Waals surface area contributed by atoms with E-state index in [1.54, 1.807) is 23.5 Å². The molecule has 0 radical (unpaired) electrons. The number of thiazole rings is 1. The first-order chi connectivity index (χ1) is 8.78. The van der Waals surface area contributed by atoms with E-state index in [1.165, 1.54) is 12.1 Å². The third-order valence-corrected chi connectivity index (χ3v) is 3.34. The van der Waals surface area contributed by atoms with Gasteiger partial charge in [0, 0.05) is 11.8 Å². The quantitative estimate of drug-likeness (QED) is 0.818. The highest BCUT2D eigenvalue weighted by atomic mass is 32.1. The minimum absolute atomic E-state index is 0.0113. The molecule has 18 heavy (non-hydrogen) atoms. The van der Waals surface area contributed by atoms with Crippen LogP contribution in [0.4, 0.5) is 4.39 Å². The van der Waals surface area contributed by atoms with Crippen LogP contribution in [0, 0.1) is 5.82 Å². The number of hydrogen-bond donors (Lipinski definition) is 1. The summed E-state index contributed by atoms with van der Waals surface area (Å²) in [4.78, 5) is 4.25. The summed E-state index contributed by atoms with van der Waals surface area (Å²) in [5.41, 5.74) is 0.717. The van der Waals surface area contributed by atoms with Crippen LogP contribution in [0.15, 0.2) is 29.6 Å². The van der Waals surface area contributed by atoms with Gasteiger partial charge in [0.1, 0.15) is 11.6 Å². The Labute approximate surface area is 109 Å². The van der Waals surface area contributed by atoms with Gasteiger partial charge in [-0.2, -0.15) is 0 Å². The molecule has 0 aliphatic heterocycles. The van der Waals surface area contributed by atoms with E-state index in [-0.39, 0.29) is 12.4 Å². The maximum Gasteiger partial charge on any atom is 0.123 e. The van der Waals surface area contributed by atoms with Gasteiger partial charge in [-0.3, -0.25) is 0 Å². The number of aromatic nitrogens is 1. The lowest BCUT2D eigenvalue weighted by atomic mass is 10.3. The van der Waals surface area contributed by atoms with E-state index in [1.807, 2.05) is 5.38 Å². The molecule has 2 aromatic rings. The van der Waals surface area contributed by atoms with Gasteiger partial charge < -0.3 is 9.84 Å².